The summed E-state index contributed by atoms with van der Waals surface area (Å²) in [6, 6.07) is 10.7. The zero-order chi connectivity index (χ0) is 14.1. The van der Waals surface area contributed by atoms with E-state index in [0.29, 0.717) is 5.04 Å². The lowest BCUT2D eigenvalue weighted by Gasteiger charge is -2.47. The first-order valence-electron chi connectivity index (χ1n) is 7.02. The number of rotatable bonds is 2. The number of allylic oxidation sites excluding steroid dienone is 2. The van der Waals surface area contributed by atoms with Gasteiger partial charge in [0.15, 0.2) is 0 Å². The van der Waals surface area contributed by atoms with E-state index in [9.17, 15) is 0 Å². The summed E-state index contributed by atoms with van der Waals surface area (Å²) in [6.07, 6.45) is 6.73. The van der Waals surface area contributed by atoms with Gasteiger partial charge in [-0.3, -0.25) is 0 Å². The maximum atomic E-state index is 2.59. The molecule has 3 heteroatoms. The Hall–Kier alpha value is -1.22. The van der Waals surface area contributed by atoms with E-state index < -0.39 is 8.24 Å². The third-order valence-corrected chi connectivity index (χ3v) is 10.0. The van der Waals surface area contributed by atoms with Crippen LogP contribution >= 0.6 is 0 Å². The Morgan fingerprint density at radius 2 is 1.68 bits per heavy atom. The minimum Gasteiger partial charge on any atom is -0.447 e. The maximum Gasteiger partial charge on any atom is 0.261 e. The van der Waals surface area contributed by atoms with Crippen LogP contribution in [0, 0.1) is 0 Å². The summed E-state index contributed by atoms with van der Waals surface area (Å²) in [7, 11) is -0.434. The lowest BCUT2D eigenvalue weighted by Crippen LogP contribution is -2.54. The van der Waals surface area contributed by atoms with Gasteiger partial charge in [0, 0.05) is 0 Å². The number of hydrogen-bond acceptors (Lipinski definition) is 1. The fourth-order valence-electron chi connectivity index (χ4n) is 2.21. The molecule has 0 aromatic heterocycles. The van der Waals surface area contributed by atoms with Crippen molar-refractivity contribution in [2.45, 2.75) is 38.9 Å². The van der Waals surface area contributed by atoms with Gasteiger partial charge in [0.1, 0.15) is 8.24 Å². The predicted molar refractivity (Wildman–Crippen MR) is 89.7 cm³/mol. The van der Waals surface area contributed by atoms with Crippen LogP contribution in [0.15, 0.2) is 48.7 Å². The molecule has 0 fully saturated rings. The Balaban J connectivity index is 2.23. The lowest BCUT2D eigenvalue weighted by molar-refractivity contribution is 0.658. The van der Waals surface area contributed by atoms with Gasteiger partial charge >= 0.3 is 0 Å². The zero-order valence-corrected chi connectivity index (χ0v) is 13.8. The van der Waals surface area contributed by atoms with Crippen LogP contribution in [0.2, 0.25) is 18.1 Å². The fraction of sp³-hybridized carbons (Fsp3) is 0.375. The highest BCUT2D eigenvalue weighted by atomic mass is 28.3. The Morgan fingerprint density at radius 3 is 2.26 bits per heavy atom. The number of nitrogens with zero attached hydrogens (tertiary/aromatic N) is 1. The molecule has 0 saturated carbocycles. The molecule has 1 aliphatic heterocycles. The summed E-state index contributed by atoms with van der Waals surface area (Å²) in [5.74, 6) is 0. The Morgan fingerprint density at radius 1 is 1.05 bits per heavy atom. The standard InChI is InChI=1S/C16H24BNSi/c1-16(2,3)19(4,5)18-13-9-12-15(17-18)14-10-7-6-8-11-14/h6-13,17H,1-5H3. The third-order valence-electron chi connectivity index (χ3n) is 4.60. The third kappa shape index (κ3) is 2.86. The van der Waals surface area contributed by atoms with Gasteiger partial charge in [-0.25, -0.2) is 0 Å². The Kier molecular flexibility index (Phi) is 3.77. The van der Waals surface area contributed by atoms with Crippen molar-refractivity contribution in [3.05, 3.63) is 54.2 Å². The zero-order valence-electron chi connectivity index (χ0n) is 12.8. The normalized spacial score (nSPS) is 16.1. The minimum atomic E-state index is -1.47. The molecule has 0 unspecified atom stereocenters. The smallest absolute Gasteiger partial charge is 0.261 e. The molecule has 2 rings (SSSR count). The Bertz CT molecular complexity index is 497. The largest absolute Gasteiger partial charge is 0.447 e. The molecule has 0 N–H and O–H groups in total. The van der Waals surface area contributed by atoms with Crippen molar-refractivity contribution in [3.63, 3.8) is 0 Å². The molecule has 1 aromatic carbocycles. The van der Waals surface area contributed by atoms with Crippen LogP contribution < -0.4 is 0 Å². The van der Waals surface area contributed by atoms with Gasteiger partial charge in [-0.05, 0) is 22.9 Å². The van der Waals surface area contributed by atoms with Crippen molar-refractivity contribution in [1.82, 2.24) is 4.48 Å². The lowest BCUT2D eigenvalue weighted by atomic mass is 9.76. The van der Waals surface area contributed by atoms with Crippen molar-refractivity contribution < 1.29 is 0 Å². The molecule has 100 valence electrons. The summed E-state index contributed by atoms with van der Waals surface area (Å²) in [5.41, 5.74) is 2.77. The molecule has 0 spiro atoms. The highest BCUT2D eigenvalue weighted by Gasteiger charge is 2.40. The van der Waals surface area contributed by atoms with E-state index in [0.717, 1.165) is 7.41 Å². The molecule has 1 aliphatic rings. The first-order chi connectivity index (χ1) is 8.82. The number of benzene rings is 1. The van der Waals surface area contributed by atoms with Crippen molar-refractivity contribution in [2.75, 3.05) is 0 Å². The molecule has 0 saturated heterocycles. The van der Waals surface area contributed by atoms with E-state index in [1.54, 1.807) is 0 Å². The molecule has 0 aliphatic carbocycles. The molecule has 19 heavy (non-hydrogen) atoms. The van der Waals surface area contributed by atoms with E-state index in [1.165, 1.54) is 11.0 Å². The summed E-state index contributed by atoms with van der Waals surface area (Å²) in [5, 5.41) is 0.372. The van der Waals surface area contributed by atoms with E-state index in [-0.39, 0.29) is 0 Å². The first-order valence-corrected chi connectivity index (χ1v) is 9.96. The van der Waals surface area contributed by atoms with E-state index in [2.05, 4.69) is 87.0 Å². The van der Waals surface area contributed by atoms with Crippen LogP contribution in [-0.4, -0.2) is 20.1 Å². The van der Waals surface area contributed by atoms with Gasteiger partial charge in [0.25, 0.3) is 7.41 Å². The van der Waals surface area contributed by atoms with Crippen LogP contribution in [0.1, 0.15) is 26.3 Å². The molecule has 1 nitrogen and oxygen atoms in total. The van der Waals surface area contributed by atoms with Crippen LogP contribution in [0.4, 0.5) is 0 Å². The fourth-order valence-corrected chi connectivity index (χ4v) is 4.09. The summed E-state index contributed by atoms with van der Waals surface area (Å²) in [4.78, 5) is 0. The Labute approximate surface area is 119 Å². The summed E-state index contributed by atoms with van der Waals surface area (Å²) in [6.45, 7) is 12.0. The average molecular weight is 269 g/mol. The maximum absolute atomic E-state index is 2.59. The van der Waals surface area contributed by atoms with Crippen LogP contribution in [0.25, 0.3) is 5.47 Å². The summed E-state index contributed by atoms with van der Waals surface area (Å²) >= 11 is 0. The second-order valence-electron chi connectivity index (χ2n) is 6.84. The van der Waals surface area contributed by atoms with Crippen LogP contribution in [0.5, 0.6) is 0 Å². The second kappa shape index (κ2) is 5.05. The molecule has 0 atom stereocenters. The quantitative estimate of drug-likeness (QED) is 0.727. The highest BCUT2D eigenvalue weighted by molar-refractivity contribution is 6.86. The van der Waals surface area contributed by atoms with Gasteiger partial charge in [-0.1, -0.05) is 75.7 Å². The highest BCUT2D eigenvalue weighted by Crippen LogP contribution is 2.39. The van der Waals surface area contributed by atoms with E-state index in [1.807, 2.05) is 0 Å². The van der Waals surface area contributed by atoms with Gasteiger partial charge in [0.2, 0.25) is 0 Å². The van der Waals surface area contributed by atoms with Crippen molar-refractivity contribution >= 4 is 21.1 Å². The van der Waals surface area contributed by atoms with Gasteiger partial charge in [-0.2, -0.15) is 0 Å². The molecule has 1 aromatic rings. The minimum absolute atomic E-state index is 0.372. The van der Waals surface area contributed by atoms with E-state index >= 15 is 0 Å². The number of hydrogen-bond donors (Lipinski definition) is 0. The second-order valence-corrected chi connectivity index (χ2v) is 12.0. The van der Waals surface area contributed by atoms with Gasteiger partial charge < -0.3 is 4.48 Å². The molecule has 0 bridgehead atoms. The predicted octanol–water partition coefficient (Wildman–Crippen LogP) is 4.21. The first kappa shape index (κ1) is 14.2. The molecular weight excluding hydrogens is 245 g/mol. The van der Waals surface area contributed by atoms with Crippen LogP contribution in [0.3, 0.4) is 0 Å². The van der Waals surface area contributed by atoms with E-state index in [4.69, 9.17) is 0 Å². The van der Waals surface area contributed by atoms with Gasteiger partial charge in [0.05, 0.1) is 0 Å². The monoisotopic (exact) mass is 269 g/mol. The molecule has 0 radical (unpaired) electrons. The molecule has 1 heterocycles. The summed E-state index contributed by atoms with van der Waals surface area (Å²) < 4.78 is 2.59. The van der Waals surface area contributed by atoms with Gasteiger partial charge in [-0.15, -0.1) is 0 Å². The van der Waals surface area contributed by atoms with Crippen molar-refractivity contribution in [3.8, 4) is 0 Å². The topological polar surface area (TPSA) is 3.24 Å². The molecule has 0 amide bonds. The van der Waals surface area contributed by atoms with Crippen molar-refractivity contribution in [2.24, 2.45) is 0 Å². The van der Waals surface area contributed by atoms with Crippen LogP contribution in [-0.2, 0) is 0 Å². The average Bonchev–Trinajstić information content (AvgIpc) is 2.39. The van der Waals surface area contributed by atoms with Crippen molar-refractivity contribution in [1.29, 1.82) is 0 Å². The SMILES string of the molecule is CC(C)(C)[Si](C)(C)N1BC(c2ccccc2)=CC=C1. The molecular formula is C16H24BNSi.